The van der Waals surface area contributed by atoms with Crippen LogP contribution in [-0.2, 0) is 13.0 Å². The molecule has 0 fully saturated rings. The van der Waals surface area contributed by atoms with Crippen LogP contribution in [0.25, 0.3) is 0 Å². The molecule has 1 aromatic heterocycles. The molecule has 21 heavy (non-hydrogen) atoms. The van der Waals surface area contributed by atoms with Crippen molar-refractivity contribution < 1.29 is 32.1 Å². The zero-order valence-electron chi connectivity index (χ0n) is 11.3. The Morgan fingerprint density at radius 1 is 1.43 bits per heavy atom. The Hall–Kier alpha value is -1.70. The van der Waals surface area contributed by atoms with E-state index in [0.29, 0.717) is 18.5 Å². The average Bonchev–Trinajstić information content (AvgIpc) is 2.74. The lowest BCUT2D eigenvalue weighted by atomic mass is 10.1. The van der Waals surface area contributed by atoms with Crippen molar-refractivity contribution in [3.63, 3.8) is 0 Å². The van der Waals surface area contributed by atoms with Crippen LogP contribution < -0.4 is 17.0 Å². The molecular weight excluding hydrogens is 316 g/mol. The maximum atomic E-state index is 10.8. The van der Waals surface area contributed by atoms with Gasteiger partial charge in [-0.3, -0.25) is 10.1 Å². The molecule has 0 spiro atoms. The van der Waals surface area contributed by atoms with Crippen molar-refractivity contribution in [2.75, 3.05) is 6.61 Å². The van der Waals surface area contributed by atoms with E-state index in [1.165, 1.54) is 29.5 Å². The molecule has 0 saturated carbocycles. The van der Waals surface area contributed by atoms with Gasteiger partial charge >= 0.3 is 0 Å². The normalized spacial score (nSPS) is 10.2. The molecule has 0 radical (unpaired) electrons. The second-order valence-electron chi connectivity index (χ2n) is 4.40. The molecule has 0 unspecified atom stereocenters. The van der Waals surface area contributed by atoms with Gasteiger partial charge in [-0.1, -0.05) is 11.3 Å². The number of aromatic hydroxyl groups is 1. The van der Waals surface area contributed by atoms with Gasteiger partial charge in [0.1, 0.15) is 5.75 Å². The first-order valence-electron chi connectivity index (χ1n) is 6.06. The highest BCUT2D eigenvalue weighted by Gasteiger charge is 2.18. The number of non-ortho nitro benzene ring substituents is 1. The summed E-state index contributed by atoms with van der Waals surface area (Å²) in [5.41, 5.74) is 3.34. The summed E-state index contributed by atoms with van der Waals surface area (Å²) in [5.74, 6) is 0.0393. The Labute approximate surface area is 131 Å². The van der Waals surface area contributed by atoms with Gasteiger partial charge in [0.05, 0.1) is 15.4 Å². The molecule has 2 rings (SSSR count). The monoisotopic (exact) mass is 330 g/mol. The second kappa shape index (κ2) is 7.35. The minimum absolute atomic E-state index is 0. The van der Waals surface area contributed by atoms with Gasteiger partial charge in [-0.15, -0.1) is 0 Å². The van der Waals surface area contributed by atoms with E-state index < -0.39 is 4.92 Å². The van der Waals surface area contributed by atoms with Crippen LogP contribution in [0, 0.1) is 17.0 Å². The fraction of sp³-hybridized carbons (Fsp3) is 0.308. The summed E-state index contributed by atoms with van der Waals surface area (Å²) < 4.78 is 1.91. The van der Waals surface area contributed by atoms with E-state index in [9.17, 15) is 15.2 Å². The molecule has 8 heteroatoms. The highest BCUT2D eigenvalue weighted by Crippen LogP contribution is 2.23. The zero-order chi connectivity index (χ0) is 14.7. The quantitative estimate of drug-likeness (QED) is 0.399. The van der Waals surface area contributed by atoms with Crippen LogP contribution in [0.15, 0.2) is 23.7 Å². The lowest BCUT2D eigenvalue weighted by molar-refractivity contribution is -0.689. The van der Waals surface area contributed by atoms with Gasteiger partial charge < -0.3 is 22.6 Å². The third-order valence-corrected chi connectivity index (χ3v) is 4.25. The molecule has 0 atom stereocenters. The summed E-state index contributed by atoms with van der Waals surface area (Å²) in [6.07, 6.45) is 0.588. The summed E-state index contributed by atoms with van der Waals surface area (Å²) in [6.45, 7) is 2.38. The van der Waals surface area contributed by atoms with Gasteiger partial charge in [-0.05, 0) is 6.07 Å². The van der Waals surface area contributed by atoms with Gasteiger partial charge in [-0.25, -0.2) is 0 Å². The number of halogens is 1. The van der Waals surface area contributed by atoms with E-state index in [0.717, 1.165) is 10.6 Å². The third-order valence-electron chi connectivity index (χ3n) is 3.11. The van der Waals surface area contributed by atoms with E-state index in [4.69, 9.17) is 5.11 Å². The molecule has 1 aromatic carbocycles. The number of aliphatic hydroxyl groups is 1. The van der Waals surface area contributed by atoms with Crippen LogP contribution in [0.3, 0.4) is 0 Å². The minimum Gasteiger partial charge on any atom is -1.00 e. The molecule has 0 amide bonds. The number of aromatic nitrogens is 1. The largest absolute Gasteiger partial charge is 1.00 e. The van der Waals surface area contributed by atoms with Crippen LogP contribution >= 0.6 is 11.3 Å². The summed E-state index contributed by atoms with van der Waals surface area (Å²) in [5, 5.41) is 29.5. The summed E-state index contributed by atoms with van der Waals surface area (Å²) in [7, 11) is 0. The number of rotatable bonds is 5. The van der Waals surface area contributed by atoms with Crippen molar-refractivity contribution in [3.8, 4) is 5.75 Å². The molecule has 2 N–H and O–H groups in total. The Balaban J connectivity index is 0.00000220. The third kappa shape index (κ3) is 3.90. The molecule has 1 heterocycles. The van der Waals surface area contributed by atoms with Crippen molar-refractivity contribution in [1.29, 1.82) is 0 Å². The molecule has 0 bridgehead atoms. The number of thiazole rings is 1. The van der Waals surface area contributed by atoms with Gasteiger partial charge in [-0.2, -0.15) is 4.57 Å². The predicted molar refractivity (Wildman–Crippen MR) is 73.9 cm³/mol. The van der Waals surface area contributed by atoms with E-state index in [1.807, 2.05) is 17.0 Å². The summed E-state index contributed by atoms with van der Waals surface area (Å²) in [6, 6.07) is 4.00. The Kier molecular flexibility index (Phi) is 6.07. The summed E-state index contributed by atoms with van der Waals surface area (Å²) >= 11 is 1.52. The maximum absolute atomic E-state index is 10.8. The van der Waals surface area contributed by atoms with Crippen LogP contribution in [0.5, 0.6) is 5.75 Å². The van der Waals surface area contributed by atoms with Crippen LogP contribution in [0.1, 0.15) is 16.1 Å². The molecular formula is C13H15ClN2O4S. The van der Waals surface area contributed by atoms with Crippen LogP contribution in [0.2, 0.25) is 0 Å². The van der Waals surface area contributed by atoms with Crippen LogP contribution in [0.4, 0.5) is 5.69 Å². The van der Waals surface area contributed by atoms with E-state index in [-0.39, 0.29) is 30.5 Å². The Bertz CT molecular complexity index is 645. The highest BCUT2D eigenvalue weighted by molar-refractivity contribution is 7.09. The van der Waals surface area contributed by atoms with E-state index in [1.54, 1.807) is 0 Å². The van der Waals surface area contributed by atoms with Gasteiger partial charge in [0.25, 0.3) is 5.69 Å². The second-order valence-corrected chi connectivity index (χ2v) is 5.34. The first-order chi connectivity index (χ1) is 9.52. The molecule has 6 nitrogen and oxygen atoms in total. The van der Waals surface area contributed by atoms with Crippen LogP contribution in [-0.4, -0.2) is 21.7 Å². The predicted octanol–water partition coefficient (Wildman–Crippen LogP) is -1.46. The smallest absolute Gasteiger partial charge is 0.270 e. The van der Waals surface area contributed by atoms with Crippen molar-refractivity contribution >= 4 is 17.0 Å². The van der Waals surface area contributed by atoms with Crippen molar-refractivity contribution in [2.45, 2.75) is 19.9 Å². The molecule has 114 valence electrons. The number of benzene rings is 1. The average molecular weight is 331 g/mol. The first kappa shape index (κ1) is 17.4. The molecule has 0 saturated heterocycles. The zero-order valence-corrected chi connectivity index (χ0v) is 12.9. The number of nitrogens with zero attached hydrogens (tertiary/aromatic N) is 2. The Morgan fingerprint density at radius 3 is 2.76 bits per heavy atom. The number of phenolic OH excluding ortho intramolecular Hbond substituents is 1. The van der Waals surface area contributed by atoms with Crippen molar-refractivity contribution in [1.82, 2.24) is 0 Å². The highest BCUT2D eigenvalue weighted by atomic mass is 35.5. The molecule has 0 aliphatic rings. The SMILES string of the molecule is Cc1c(CCO)sc[n+]1Cc1cc([N+](=O)[O-])ccc1O.[Cl-]. The van der Waals surface area contributed by atoms with Gasteiger partial charge in [0.2, 0.25) is 5.51 Å². The molecule has 2 aromatic rings. The van der Waals surface area contributed by atoms with E-state index in [2.05, 4.69) is 0 Å². The van der Waals surface area contributed by atoms with Gasteiger partial charge in [0.15, 0.2) is 12.2 Å². The van der Waals surface area contributed by atoms with E-state index >= 15 is 0 Å². The standard InChI is InChI=1S/C13H14N2O4S.ClH/c1-9-13(4-5-16)20-8-14(9)7-10-6-11(15(18)19)2-3-12(10)17;/h2-3,6,8,16H,4-5,7H2,1H3;1H. The van der Waals surface area contributed by atoms with Crippen molar-refractivity contribution in [3.05, 3.63) is 50.0 Å². The fourth-order valence-electron chi connectivity index (χ4n) is 1.94. The van der Waals surface area contributed by atoms with Gasteiger partial charge in [0, 0.05) is 32.1 Å². The van der Waals surface area contributed by atoms with Crippen molar-refractivity contribution in [2.24, 2.45) is 0 Å². The molecule has 0 aliphatic heterocycles. The lowest BCUT2D eigenvalue weighted by Gasteiger charge is -2.01. The topological polar surface area (TPSA) is 87.5 Å². The minimum atomic E-state index is -0.481. The first-order valence-corrected chi connectivity index (χ1v) is 6.94. The number of aliphatic hydroxyl groups excluding tert-OH is 1. The number of phenols is 1. The summed E-state index contributed by atoms with van der Waals surface area (Å²) in [4.78, 5) is 11.4. The number of hydrogen-bond acceptors (Lipinski definition) is 5. The maximum Gasteiger partial charge on any atom is 0.270 e. The molecule has 0 aliphatic carbocycles. The number of nitro benzene ring substituents is 1. The Morgan fingerprint density at radius 2 is 2.14 bits per heavy atom. The lowest BCUT2D eigenvalue weighted by Crippen LogP contribution is -3.00. The number of nitro groups is 1. The number of hydrogen-bond donors (Lipinski definition) is 2. The fourth-order valence-corrected chi connectivity index (χ4v) is 2.93.